The monoisotopic (exact) mass is 405 g/mol. The van der Waals surface area contributed by atoms with Crippen LogP contribution in [-0.4, -0.2) is 14.8 Å². The van der Waals surface area contributed by atoms with Crippen molar-refractivity contribution in [1.82, 2.24) is 14.8 Å². The Morgan fingerprint density at radius 1 is 0.962 bits per heavy atom. The fourth-order valence-electron chi connectivity index (χ4n) is 2.59. The SMILES string of the molecule is Cn1c(SCc2ccc(Cl)c(Cl)c2)nnc1-c1ccc(C(C)(C)C)cc1. The topological polar surface area (TPSA) is 30.7 Å². The Labute approximate surface area is 168 Å². The summed E-state index contributed by atoms with van der Waals surface area (Å²) in [5.41, 5.74) is 3.61. The molecule has 0 amide bonds. The molecule has 0 bridgehead atoms. The molecule has 1 heterocycles. The molecule has 3 aromatic rings. The molecule has 0 radical (unpaired) electrons. The molecule has 1 aromatic heterocycles. The maximum atomic E-state index is 6.08. The van der Waals surface area contributed by atoms with Gasteiger partial charge in [0, 0.05) is 18.4 Å². The first kappa shape index (κ1) is 19.3. The van der Waals surface area contributed by atoms with Crippen LogP contribution in [0, 0.1) is 0 Å². The molecule has 0 spiro atoms. The van der Waals surface area contributed by atoms with Crippen LogP contribution in [0.1, 0.15) is 31.9 Å². The molecule has 0 aliphatic rings. The summed E-state index contributed by atoms with van der Waals surface area (Å²) in [6.45, 7) is 6.63. The van der Waals surface area contributed by atoms with E-state index in [2.05, 4.69) is 55.2 Å². The van der Waals surface area contributed by atoms with Gasteiger partial charge in [-0.05, 0) is 28.7 Å². The molecule has 26 heavy (non-hydrogen) atoms. The molecule has 0 fully saturated rings. The highest BCUT2D eigenvalue weighted by molar-refractivity contribution is 7.98. The molecule has 6 heteroatoms. The Balaban J connectivity index is 1.76. The van der Waals surface area contributed by atoms with Gasteiger partial charge in [-0.3, -0.25) is 0 Å². The summed E-state index contributed by atoms with van der Waals surface area (Å²) in [5.74, 6) is 1.62. The number of benzene rings is 2. The first-order valence-electron chi connectivity index (χ1n) is 8.33. The molecule has 0 saturated carbocycles. The van der Waals surface area contributed by atoms with Gasteiger partial charge < -0.3 is 4.57 Å². The van der Waals surface area contributed by atoms with E-state index >= 15 is 0 Å². The quantitative estimate of drug-likeness (QED) is 0.471. The summed E-state index contributed by atoms with van der Waals surface area (Å²) < 4.78 is 2.02. The lowest BCUT2D eigenvalue weighted by Gasteiger charge is -2.19. The highest BCUT2D eigenvalue weighted by atomic mass is 35.5. The third kappa shape index (κ3) is 4.25. The summed E-state index contributed by atoms with van der Waals surface area (Å²) in [5, 5.41) is 10.7. The van der Waals surface area contributed by atoms with Crippen molar-refractivity contribution in [2.24, 2.45) is 7.05 Å². The second-order valence-corrected chi connectivity index (χ2v) is 8.99. The Hall–Kier alpha value is -1.49. The number of hydrogen-bond acceptors (Lipinski definition) is 3. The van der Waals surface area contributed by atoms with Gasteiger partial charge in [-0.1, -0.05) is 86.1 Å². The lowest BCUT2D eigenvalue weighted by molar-refractivity contribution is 0.590. The molecule has 136 valence electrons. The predicted molar refractivity (Wildman–Crippen MR) is 111 cm³/mol. The lowest BCUT2D eigenvalue weighted by atomic mass is 9.87. The van der Waals surface area contributed by atoms with Crippen molar-refractivity contribution >= 4 is 35.0 Å². The van der Waals surface area contributed by atoms with Crippen molar-refractivity contribution < 1.29 is 0 Å². The van der Waals surface area contributed by atoms with Gasteiger partial charge in [0.15, 0.2) is 11.0 Å². The Bertz CT molecular complexity index is 912. The Morgan fingerprint density at radius 3 is 2.27 bits per heavy atom. The molecule has 3 rings (SSSR count). The van der Waals surface area contributed by atoms with Gasteiger partial charge in [0.05, 0.1) is 10.0 Å². The average molecular weight is 406 g/mol. The van der Waals surface area contributed by atoms with Crippen molar-refractivity contribution in [3.05, 3.63) is 63.6 Å². The van der Waals surface area contributed by atoms with Gasteiger partial charge >= 0.3 is 0 Å². The fourth-order valence-corrected chi connectivity index (χ4v) is 3.76. The second-order valence-electron chi connectivity index (χ2n) is 7.23. The molecule has 0 aliphatic carbocycles. The molecule has 3 nitrogen and oxygen atoms in total. The molecule has 2 aromatic carbocycles. The van der Waals surface area contributed by atoms with E-state index in [1.165, 1.54) is 5.56 Å². The van der Waals surface area contributed by atoms with E-state index in [1.54, 1.807) is 11.8 Å². The van der Waals surface area contributed by atoms with Crippen LogP contribution < -0.4 is 0 Å². The molecular formula is C20H21Cl2N3S. The minimum absolute atomic E-state index is 0.138. The minimum atomic E-state index is 0.138. The van der Waals surface area contributed by atoms with Crippen LogP contribution in [-0.2, 0) is 18.2 Å². The third-order valence-electron chi connectivity index (χ3n) is 4.20. The zero-order valence-electron chi connectivity index (χ0n) is 15.3. The van der Waals surface area contributed by atoms with Crippen LogP contribution in [0.15, 0.2) is 47.6 Å². The van der Waals surface area contributed by atoms with E-state index in [0.717, 1.165) is 27.9 Å². The van der Waals surface area contributed by atoms with Crippen molar-refractivity contribution in [3.8, 4) is 11.4 Å². The summed E-state index contributed by atoms with van der Waals surface area (Å²) in [6.07, 6.45) is 0. The molecule has 0 atom stereocenters. The smallest absolute Gasteiger partial charge is 0.191 e. The van der Waals surface area contributed by atoms with Crippen molar-refractivity contribution in [3.63, 3.8) is 0 Å². The van der Waals surface area contributed by atoms with Crippen LogP contribution in [0.3, 0.4) is 0 Å². The van der Waals surface area contributed by atoms with Crippen LogP contribution in [0.5, 0.6) is 0 Å². The zero-order valence-corrected chi connectivity index (χ0v) is 17.6. The van der Waals surface area contributed by atoms with Gasteiger partial charge in [-0.25, -0.2) is 0 Å². The first-order chi connectivity index (χ1) is 12.3. The van der Waals surface area contributed by atoms with Crippen LogP contribution >= 0.6 is 35.0 Å². The summed E-state index contributed by atoms with van der Waals surface area (Å²) in [7, 11) is 1.99. The first-order valence-corrected chi connectivity index (χ1v) is 10.1. The van der Waals surface area contributed by atoms with Crippen LogP contribution in [0.2, 0.25) is 10.0 Å². The van der Waals surface area contributed by atoms with E-state index in [-0.39, 0.29) is 5.41 Å². The zero-order chi connectivity index (χ0) is 18.9. The van der Waals surface area contributed by atoms with Gasteiger partial charge in [0.1, 0.15) is 0 Å². The maximum Gasteiger partial charge on any atom is 0.191 e. The highest BCUT2D eigenvalue weighted by Gasteiger charge is 2.15. The number of nitrogens with zero attached hydrogens (tertiary/aromatic N) is 3. The largest absolute Gasteiger partial charge is 0.305 e. The van der Waals surface area contributed by atoms with Crippen molar-refractivity contribution in [2.75, 3.05) is 0 Å². The van der Waals surface area contributed by atoms with Gasteiger partial charge in [-0.15, -0.1) is 10.2 Å². The van der Waals surface area contributed by atoms with E-state index < -0.39 is 0 Å². The maximum absolute atomic E-state index is 6.08. The second kappa shape index (κ2) is 7.63. The Kier molecular flexibility index (Phi) is 5.66. The van der Waals surface area contributed by atoms with Gasteiger partial charge in [-0.2, -0.15) is 0 Å². The van der Waals surface area contributed by atoms with Crippen molar-refractivity contribution in [1.29, 1.82) is 0 Å². The molecule has 0 unspecified atom stereocenters. The number of rotatable bonds is 4. The van der Waals surface area contributed by atoms with Gasteiger partial charge in [0.25, 0.3) is 0 Å². The number of halogens is 2. The highest BCUT2D eigenvalue weighted by Crippen LogP contribution is 2.29. The molecule has 0 aliphatic heterocycles. The summed E-state index contributed by atoms with van der Waals surface area (Å²) >= 11 is 13.7. The molecular weight excluding hydrogens is 385 g/mol. The van der Waals surface area contributed by atoms with Crippen molar-refractivity contribution in [2.45, 2.75) is 37.1 Å². The average Bonchev–Trinajstić information content (AvgIpc) is 2.96. The van der Waals surface area contributed by atoms with E-state index in [1.807, 2.05) is 29.8 Å². The Morgan fingerprint density at radius 2 is 1.65 bits per heavy atom. The predicted octanol–water partition coefficient (Wildman–Crippen LogP) is 6.38. The van der Waals surface area contributed by atoms with E-state index in [9.17, 15) is 0 Å². The number of thioether (sulfide) groups is 1. The normalized spacial score (nSPS) is 11.8. The summed E-state index contributed by atoms with van der Waals surface area (Å²) in [6, 6.07) is 14.2. The molecule has 0 N–H and O–H groups in total. The number of hydrogen-bond donors (Lipinski definition) is 0. The fraction of sp³-hybridized carbons (Fsp3) is 0.300. The minimum Gasteiger partial charge on any atom is -0.305 e. The number of aromatic nitrogens is 3. The van der Waals surface area contributed by atoms with E-state index in [0.29, 0.717) is 10.0 Å². The lowest BCUT2D eigenvalue weighted by Crippen LogP contribution is -2.10. The van der Waals surface area contributed by atoms with Crippen LogP contribution in [0.25, 0.3) is 11.4 Å². The standard InChI is InChI=1S/C20H21Cl2N3S/c1-20(2,3)15-8-6-14(7-9-15)18-23-24-19(25(18)4)26-12-13-5-10-16(21)17(22)11-13/h5-11H,12H2,1-4H3. The molecule has 0 saturated heterocycles. The summed E-state index contributed by atoms with van der Waals surface area (Å²) in [4.78, 5) is 0. The van der Waals surface area contributed by atoms with Gasteiger partial charge in [0.2, 0.25) is 0 Å². The van der Waals surface area contributed by atoms with Crippen LogP contribution in [0.4, 0.5) is 0 Å². The van der Waals surface area contributed by atoms with E-state index in [4.69, 9.17) is 23.2 Å². The third-order valence-corrected chi connectivity index (χ3v) is 6.03.